The number of benzene rings is 2. The van der Waals surface area contributed by atoms with E-state index in [2.05, 4.69) is 21.2 Å². The van der Waals surface area contributed by atoms with Crippen molar-refractivity contribution in [3.8, 4) is 17.6 Å². The Hall–Kier alpha value is -3.43. The molecule has 6 heteroatoms. The molecule has 0 spiro atoms. The zero-order valence-electron chi connectivity index (χ0n) is 16.4. The summed E-state index contributed by atoms with van der Waals surface area (Å²) in [6, 6.07) is 16.1. The number of hydrogen-bond donors (Lipinski definition) is 0. The summed E-state index contributed by atoms with van der Waals surface area (Å²) in [5.74, 6) is 6.16. The van der Waals surface area contributed by atoms with Crippen LogP contribution in [0, 0.1) is 18.8 Å². The molecule has 0 radical (unpaired) electrons. The first kappa shape index (κ1) is 20.3. The number of ether oxygens (including phenoxy) is 1. The number of rotatable bonds is 3. The number of nitrogens with zero attached hydrogens (tertiary/aromatic N) is 2. The molecule has 0 saturated carbocycles. The van der Waals surface area contributed by atoms with Gasteiger partial charge in [0.25, 0.3) is 5.91 Å². The molecule has 3 aromatic rings. The van der Waals surface area contributed by atoms with Crippen molar-refractivity contribution < 1.29 is 13.7 Å². The molecule has 0 aliphatic heterocycles. The van der Waals surface area contributed by atoms with Crippen molar-refractivity contribution in [2.75, 3.05) is 13.4 Å². The fourth-order valence-corrected chi connectivity index (χ4v) is 3.82. The maximum Gasteiger partial charge on any atom is 0.286 e. The highest BCUT2D eigenvalue weighted by atomic mass is 32.2. The van der Waals surface area contributed by atoms with E-state index in [1.54, 1.807) is 37.6 Å². The first-order valence-corrected chi connectivity index (χ1v) is 10.7. The van der Waals surface area contributed by atoms with Gasteiger partial charge in [0.1, 0.15) is 5.75 Å². The molecule has 3 rings (SSSR count). The van der Waals surface area contributed by atoms with E-state index in [1.165, 1.54) is 12.5 Å². The Bertz CT molecular complexity index is 1230. The minimum absolute atomic E-state index is 0.244. The predicted octanol–water partition coefficient (Wildman–Crippen LogP) is 4.10. The molecule has 0 aliphatic rings. The second-order valence-corrected chi connectivity index (χ2v) is 8.72. The Morgan fingerprint density at radius 3 is 2.45 bits per heavy atom. The lowest BCUT2D eigenvalue weighted by atomic mass is 10.1. The van der Waals surface area contributed by atoms with Crippen LogP contribution < -0.4 is 4.74 Å². The summed E-state index contributed by atoms with van der Waals surface area (Å²) in [6.45, 7) is 1.90. The van der Waals surface area contributed by atoms with Crippen LogP contribution >= 0.6 is 0 Å². The normalized spacial score (nSPS) is 12.2. The van der Waals surface area contributed by atoms with Gasteiger partial charge in [-0.3, -0.25) is 9.78 Å². The fourth-order valence-electron chi connectivity index (χ4n) is 2.56. The van der Waals surface area contributed by atoms with Crippen molar-refractivity contribution in [1.82, 2.24) is 4.98 Å². The number of pyridine rings is 1. The molecule has 0 bridgehead atoms. The lowest BCUT2D eigenvalue weighted by molar-refractivity contribution is 0.100. The maximum atomic E-state index is 12.9. The monoisotopic (exact) mass is 404 g/mol. The van der Waals surface area contributed by atoms with E-state index >= 15 is 0 Å². The van der Waals surface area contributed by atoms with Crippen LogP contribution in [0.2, 0.25) is 0 Å². The van der Waals surface area contributed by atoms with Crippen molar-refractivity contribution in [3.05, 3.63) is 89.2 Å². The van der Waals surface area contributed by atoms with Gasteiger partial charge in [-0.15, -0.1) is 0 Å². The summed E-state index contributed by atoms with van der Waals surface area (Å²) in [5, 5.41) is 0. The quantitative estimate of drug-likeness (QED) is 0.617. The zero-order chi connectivity index (χ0) is 20.9. The standard InChI is InChI=1S/C23H20N2O3S/c1-17-5-4-6-22(13-17)29(3,27)25-23(26)20-14-19(15-24-16-20)8-7-18-9-11-21(28-2)12-10-18/h4-6,9-16H,1-3H3. The van der Waals surface area contributed by atoms with E-state index in [4.69, 9.17) is 4.74 Å². The van der Waals surface area contributed by atoms with Gasteiger partial charge in [-0.1, -0.05) is 24.0 Å². The van der Waals surface area contributed by atoms with E-state index in [0.29, 0.717) is 10.5 Å². The van der Waals surface area contributed by atoms with E-state index in [1.807, 2.05) is 37.3 Å². The zero-order valence-corrected chi connectivity index (χ0v) is 17.2. The van der Waals surface area contributed by atoms with Crippen molar-refractivity contribution in [3.63, 3.8) is 0 Å². The molecule has 1 heterocycles. The average molecular weight is 404 g/mol. The number of aryl methyl sites for hydroxylation is 1. The van der Waals surface area contributed by atoms with Gasteiger partial charge in [-0.05, 0) is 55.0 Å². The molecule has 0 fully saturated rings. The van der Waals surface area contributed by atoms with Crippen LogP contribution in [0.25, 0.3) is 0 Å². The van der Waals surface area contributed by atoms with Crippen LogP contribution in [0.3, 0.4) is 0 Å². The fraction of sp³-hybridized carbons (Fsp3) is 0.130. The lowest BCUT2D eigenvalue weighted by Gasteiger charge is -2.05. The lowest BCUT2D eigenvalue weighted by Crippen LogP contribution is -2.04. The number of aromatic nitrogens is 1. The van der Waals surface area contributed by atoms with Crippen molar-refractivity contribution in [2.45, 2.75) is 11.8 Å². The van der Waals surface area contributed by atoms with Crippen LogP contribution in [0.15, 0.2) is 76.2 Å². The van der Waals surface area contributed by atoms with Gasteiger partial charge in [-0.2, -0.15) is 4.36 Å². The Balaban J connectivity index is 1.86. The smallest absolute Gasteiger partial charge is 0.286 e. The topological polar surface area (TPSA) is 68.6 Å². The van der Waals surface area contributed by atoms with Gasteiger partial charge in [0.2, 0.25) is 0 Å². The van der Waals surface area contributed by atoms with Crippen LogP contribution in [-0.2, 0) is 9.73 Å². The molecule has 0 N–H and O–H groups in total. The van der Waals surface area contributed by atoms with Gasteiger partial charge in [0, 0.05) is 34.7 Å². The van der Waals surface area contributed by atoms with Gasteiger partial charge in [-0.25, -0.2) is 4.21 Å². The molecule has 1 unspecified atom stereocenters. The van der Waals surface area contributed by atoms with Crippen LogP contribution in [0.4, 0.5) is 0 Å². The summed E-state index contributed by atoms with van der Waals surface area (Å²) in [7, 11) is -1.25. The highest BCUT2D eigenvalue weighted by molar-refractivity contribution is 7.93. The highest BCUT2D eigenvalue weighted by Crippen LogP contribution is 2.15. The largest absolute Gasteiger partial charge is 0.497 e. The third kappa shape index (κ3) is 5.31. The number of carbonyl (C=O) groups excluding carboxylic acids is 1. The molecule has 0 aliphatic carbocycles. The Morgan fingerprint density at radius 2 is 1.76 bits per heavy atom. The number of amides is 1. The second kappa shape index (κ2) is 8.72. The van der Waals surface area contributed by atoms with Crippen molar-refractivity contribution >= 4 is 15.6 Å². The van der Waals surface area contributed by atoms with E-state index in [9.17, 15) is 9.00 Å². The number of carbonyl (C=O) groups is 1. The second-order valence-electron chi connectivity index (χ2n) is 6.46. The van der Waals surface area contributed by atoms with Gasteiger partial charge < -0.3 is 4.74 Å². The van der Waals surface area contributed by atoms with E-state index in [0.717, 1.165) is 16.9 Å². The third-order valence-electron chi connectivity index (χ3n) is 4.11. The summed E-state index contributed by atoms with van der Waals surface area (Å²) < 4.78 is 22.0. The van der Waals surface area contributed by atoms with Crippen LogP contribution in [0.1, 0.15) is 27.0 Å². The predicted molar refractivity (Wildman–Crippen MR) is 113 cm³/mol. The summed E-state index contributed by atoms with van der Waals surface area (Å²) in [6.07, 6.45) is 4.42. The third-order valence-corrected chi connectivity index (χ3v) is 5.75. The molecular formula is C23H20N2O3S. The molecule has 2 aromatic carbocycles. The van der Waals surface area contributed by atoms with Gasteiger partial charge >= 0.3 is 0 Å². The molecule has 1 aromatic heterocycles. The first-order valence-electron chi connectivity index (χ1n) is 8.82. The average Bonchev–Trinajstić information content (AvgIpc) is 2.72. The van der Waals surface area contributed by atoms with Gasteiger partial charge in [0.05, 0.1) is 22.4 Å². The molecule has 29 heavy (non-hydrogen) atoms. The highest BCUT2D eigenvalue weighted by Gasteiger charge is 2.12. The minimum Gasteiger partial charge on any atom is -0.497 e. The SMILES string of the molecule is COc1ccc(C#Cc2cncc(C(=O)N=S(C)(=O)c3cccc(C)c3)c2)cc1. The Kier molecular flexibility index (Phi) is 6.10. The molecular weight excluding hydrogens is 384 g/mol. The summed E-state index contributed by atoms with van der Waals surface area (Å²) in [4.78, 5) is 17.2. The minimum atomic E-state index is -2.86. The molecule has 146 valence electrons. The molecule has 5 nitrogen and oxygen atoms in total. The van der Waals surface area contributed by atoms with Crippen molar-refractivity contribution in [2.24, 2.45) is 4.36 Å². The van der Waals surface area contributed by atoms with Crippen LogP contribution in [-0.4, -0.2) is 28.5 Å². The number of methoxy groups -OCH3 is 1. The maximum absolute atomic E-state index is 12.9. The molecule has 1 amide bonds. The molecule has 1 atom stereocenters. The van der Waals surface area contributed by atoms with Crippen molar-refractivity contribution in [1.29, 1.82) is 0 Å². The Morgan fingerprint density at radius 1 is 1.03 bits per heavy atom. The van der Waals surface area contributed by atoms with Crippen LogP contribution in [0.5, 0.6) is 5.75 Å². The summed E-state index contributed by atoms with van der Waals surface area (Å²) in [5.41, 5.74) is 2.58. The van der Waals surface area contributed by atoms with Gasteiger partial charge in [0.15, 0.2) is 0 Å². The van der Waals surface area contributed by atoms with E-state index < -0.39 is 15.6 Å². The Labute approximate surface area is 171 Å². The summed E-state index contributed by atoms with van der Waals surface area (Å²) >= 11 is 0. The first-order chi connectivity index (χ1) is 13.9. The van der Waals surface area contributed by atoms with E-state index in [-0.39, 0.29) is 5.56 Å². The number of hydrogen-bond acceptors (Lipinski definition) is 4. The molecule has 0 saturated heterocycles.